The molecule has 150 heavy (non-hydrogen) atoms. The molecule has 14 heterocycles. The van der Waals surface area contributed by atoms with Crippen LogP contribution in [0.5, 0.6) is 0 Å². The first-order chi connectivity index (χ1) is 69.7. The molecule has 0 aromatic carbocycles. The van der Waals surface area contributed by atoms with Gasteiger partial charge in [0.2, 0.25) is 0 Å². The zero-order valence-corrected chi connectivity index (χ0v) is 111. The van der Waals surface area contributed by atoms with Gasteiger partial charge in [0.1, 0.15) is 0 Å². The highest BCUT2D eigenvalue weighted by Crippen LogP contribution is 2.43. The van der Waals surface area contributed by atoms with Crippen molar-refractivity contribution in [1.29, 1.82) is 0 Å². The second-order valence-electron chi connectivity index (χ2n) is 58.3. The normalized spacial score (nSPS) is 29.7. The van der Waals surface area contributed by atoms with Gasteiger partial charge >= 0.3 is 0 Å². The SMILES string of the molecule is CC(C)CC1(C)CCN(C(C)C)C1.CC(C)CC1CN(C(C)C)CC1CO.CC(C)CC1CN(C(C)C)CC1N.CC(C)CC1CN(C(C)C)CC1N(C)C.CC(C)N1CC(C)N(C(C)C)C(C)C1.CC(C)N1CC2CC1CN2C(C)C.CC(C)N1CC2CN(C(C)C)CC2C1.CC(C)N1CCC2(CCN(C(C)C)C2)C1.CC(C)N1CCCN(C(C)C)CC1.CC(C)N1CCN(C(C)C)C(C)C1C.CC(C)N1CCN(C(C)C)CC1. The van der Waals surface area contributed by atoms with Gasteiger partial charge in [-0.15, -0.1) is 0 Å². The number of aliphatic hydroxyl groups excluding tert-OH is 1. The van der Waals surface area contributed by atoms with Gasteiger partial charge in [-0.2, -0.15) is 0 Å². The monoisotopic (exact) mass is 2120 g/mol. The van der Waals surface area contributed by atoms with Crippen LogP contribution in [0.4, 0.5) is 0 Å². The maximum Gasteiger partial charge on any atom is 0.0474 e. The predicted molar refractivity (Wildman–Crippen MR) is 662 cm³/mol. The molecule has 0 radical (unpaired) electrons. The molecule has 0 amide bonds. The van der Waals surface area contributed by atoms with Crippen LogP contribution in [0.15, 0.2) is 0 Å². The molecule has 14 aliphatic heterocycles. The molecule has 14 fully saturated rings. The molecule has 3 N–H and O–H groups in total. The van der Waals surface area contributed by atoms with Gasteiger partial charge in [-0.3, -0.25) is 58.8 Å². The highest BCUT2D eigenvalue weighted by Gasteiger charge is 2.48. The van der Waals surface area contributed by atoms with Crippen molar-refractivity contribution >= 4 is 0 Å². The summed E-state index contributed by atoms with van der Waals surface area (Å²) in [5, 5.41) is 9.32. The van der Waals surface area contributed by atoms with Crippen molar-refractivity contribution in [2.75, 3.05) is 217 Å². The number of hydrogen-bond donors (Lipinski definition) is 2. The van der Waals surface area contributed by atoms with E-state index in [0.717, 1.165) is 133 Å². The molecule has 0 aromatic heterocycles. The van der Waals surface area contributed by atoms with Gasteiger partial charge in [0.25, 0.3) is 0 Å². The van der Waals surface area contributed by atoms with E-state index in [-0.39, 0.29) is 0 Å². The Hall–Kier alpha value is -0.840. The second kappa shape index (κ2) is 68.7. The molecular weight excluding hydrogens is 1850 g/mol. The third-order valence-corrected chi connectivity index (χ3v) is 38.1. The number of hydrogen-bond acceptors (Lipinski definition) is 21. The van der Waals surface area contributed by atoms with Crippen molar-refractivity contribution < 1.29 is 5.11 Å². The Bertz CT molecular complexity index is 3240. The molecule has 2 bridgehead atoms. The van der Waals surface area contributed by atoms with E-state index in [0.29, 0.717) is 114 Å². The van der Waals surface area contributed by atoms with Gasteiger partial charge in [0.15, 0.2) is 0 Å². The number of fused-ring (bicyclic) bond motifs is 3. The Morgan fingerprint density at radius 3 is 0.847 bits per heavy atom. The molecular formula is C129H272N20O. The van der Waals surface area contributed by atoms with Crippen LogP contribution in [0.2, 0.25) is 0 Å². The van der Waals surface area contributed by atoms with Crippen molar-refractivity contribution in [2.45, 2.75) is 554 Å². The third-order valence-electron chi connectivity index (χ3n) is 38.1. The largest absolute Gasteiger partial charge is 0.396 e. The highest BCUT2D eigenvalue weighted by molar-refractivity contribution is 5.04. The minimum absolute atomic E-state index is 0.362. The summed E-state index contributed by atoms with van der Waals surface area (Å²) in [6, 6.07) is 18.4. The highest BCUT2D eigenvalue weighted by atomic mass is 16.3. The van der Waals surface area contributed by atoms with Crippen molar-refractivity contribution in [3.8, 4) is 0 Å². The van der Waals surface area contributed by atoms with E-state index in [4.69, 9.17) is 5.73 Å². The molecule has 0 aliphatic carbocycles. The van der Waals surface area contributed by atoms with E-state index in [1.54, 1.807) is 0 Å². The fraction of sp³-hybridized carbons (Fsp3) is 1.00. The number of likely N-dealkylation sites (N-methyl/N-ethyl adjacent to an activating group) is 1. The van der Waals surface area contributed by atoms with E-state index in [2.05, 4.69) is 446 Å². The Labute approximate surface area is 939 Å². The number of likely N-dealkylation sites (tertiary alicyclic amines) is 10. The first-order valence-electron chi connectivity index (χ1n) is 64.1. The predicted octanol–water partition coefficient (Wildman–Crippen LogP) is 22.2. The average molecular weight is 2120 g/mol. The molecule has 0 aromatic rings. The zero-order chi connectivity index (χ0) is 114. The fourth-order valence-electron chi connectivity index (χ4n) is 28.4. The molecule has 21 heteroatoms. The van der Waals surface area contributed by atoms with Crippen LogP contribution < -0.4 is 5.73 Å². The fourth-order valence-corrected chi connectivity index (χ4v) is 28.4. The van der Waals surface area contributed by atoms with Crippen LogP contribution in [-0.2, 0) is 0 Å². The van der Waals surface area contributed by atoms with Gasteiger partial charge < -0.3 is 45.1 Å². The Morgan fingerprint density at radius 2 is 0.553 bits per heavy atom. The van der Waals surface area contributed by atoms with E-state index in [9.17, 15) is 5.11 Å². The van der Waals surface area contributed by atoms with Crippen LogP contribution >= 0.6 is 0 Å². The van der Waals surface area contributed by atoms with Crippen molar-refractivity contribution in [3.63, 3.8) is 0 Å². The Morgan fingerprint density at radius 1 is 0.267 bits per heavy atom. The summed E-state index contributed by atoms with van der Waals surface area (Å²) in [5.41, 5.74) is 7.36. The molecule has 0 saturated carbocycles. The van der Waals surface area contributed by atoms with Crippen LogP contribution in [0.25, 0.3) is 0 Å². The minimum Gasteiger partial charge on any atom is -0.396 e. The maximum atomic E-state index is 9.32. The molecule has 13 unspecified atom stereocenters. The molecule has 14 rings (SSSR count). The summed E-state index contributed by atoms with van der Waals surface area (Å²) >= 11 is 0. The van der Waals surface area contributed by atoms with E-state index in [1.807, 2.05) is 0 Å². The van der Waals surface area contributed by atoms with Crippen LogP contribution in [-0.4, -0.2) is 472 Å². The van der Waals surface area contributed by atoms with Crippen molar-refractivity contribution in [3.05, 3.63) is 0 Å². The number of nitrogens with zero attached hydrogens (tertiary/aromatic N) is 19. The number of aliphatic hydroxyl groups is 1. The first-order valence-corrected chi connectivity index (χ1v) is 64.1. The third kappa shape index (κ3) is 47.5. The van der Waals surface area contributed by atoms with Crippen LogP contribution in [0.3, 0.4) is 0 Å². The number of nitrogens with two attached hydrogens (primary N) is 1. The topological polar surface area (TPSA) is 108 Å². The summed E-state index contributed by atoms with van der Waals surface area (Å²) < 4.78 is 0. The lowest BCUT2D eigenvalue weighted by Crippen LogP contribution is -2.60. The molecule has 894 valence electrons. The van der Waals surface area contributed by atoms with Gasteiger partial charge in [-0.05, 0) is 452 Å². The summed E-state index contributed by atoms with van der Waals surface area (Å²) in [7, 11) is 4.45. The van der Waals surface area contributed by atoms with Gasteiger partial charge in [0, 0.05) is 327 Å². The lowest BCUT2D eigenvalue weighted by molar-refractivity contribution is 0.00129. The molecule has 14 saturated heterocycles. The maximum absolute atomic E-state index is 9.32. The van der Waals surface area contributed by atoms with E-state index >= 15 is 0 Å². The van der Waals surface area contributed by atoms with Gasteiger partial charge in [-0.25, -0.2) is 0 Å². The van der Waals surface area contributed by atoms with E-state index < -0.39 is 0 Å². The van der Waals surface area contributed by atoms with Gasteiger partial charge in [-0.1, -0.05) is 62.3 Å². The minimum atomic E-state index is 0.362. The number of rotatable bonds is 28. The molecule has 21 nitrogen and oxygen atoms in total. The first kappa shape index (κ1) is 141. The van der Waals surface area contributed by atoms with Crippen molar-refractivity contribution in [2.24, 2.45) is 75.7 Å². The summed E-state index contributed by atoms with van der Waals surface area (Å²) in [6.07, 6.45) is 12.3. The van der Waals surface area contributed by atoms with Gasteiger partial charge in [0.05, 0.1) is 0 Å². The second-order valence-corrected chi connectivity index (χ2v) is 58.3. The summed E-state index contributed by atoms with van der Waals surface area (Å²) in [5.74, 6) is 7.93. The lowest BCUT2D eigenvalue weighted by Gasteiger charge is -2.48. The Balaban J connectivity index is 0.000000344. The molecule has 1 spiro atoms. The Kier molecular flexibility index (Phi) is 64.7. The van der Waals surface area contributed by atoms with Crippen molar-refractivity contribution in [1.82, 2.24) is 93.1 Å². The quantitative estimate of drug-likeness (QED) is 0.0775. The summed E-state index contributed by atoms with van der Waals surface area (Å²) in [6.45, 7) is 151. The van der Waals surface area contributed by atoms with E-state index in [1.165, 1.54) is 241 Å². The zero-order valence-electron chi connectivity index (χ0n) is 111. The molecule has 14 aliphatic rings. The summed E-state index contributed by atoms with van der Waals surface area (Å²) in [4.78, 5) is 49.3. The number of piperazine rings is 4. The van der Waals surface area contributed by atoms with Crippen LogP contribution in [0, 0.1) is 70.0 Å². The molecule has 13 atom stereocenters. The smallest absolute Gasteiger partial charge is 0.0474 e. The lowest BCUT2D eigenvalue weighted by atomic mass is 9.81. The standard InChI is InChI=1S/C13H26N2.C13H28N2.C12H24N2.2C12H26N2.C12H25NO.C12H25N.C11H22N2.2C11H24N2.C10H22N2/c1-11(2)14-7-5-13(9-14)6-8-15(10-13)12(3)4;1-10(2)7-12-8-15(11(3)4)9-13(12)14(5)6;1-9(2)13-5-11-7-14(10(3)4)8-12(11)6-13;1-9(2)13-7-11(5)14(10(3)4)12(6)8-13;1-9(2)13-7-8-14(10(3)4)12(6)11(13)5;1-9(2)5-11-6-13(10(3)4)7-12(11)8-14;1-10(2)8-12(5)6-7-13(9-12)11(3)4;1-8(2)12-6-11-5-10(12)7-13(11)9(3)4;1-8(2)5-10-6-13(9(3)4)7-11(10)12;1-10(2)12-6-5-7-13(9-8-12)11(3)4;1-9(2)11-5-7-12(8-6-11)10(3)4/h11-12H,5-10H2,1-4H3;10-13H,7-9H2,1-6H3;9-12H,5-8H2,1-4H3;2*9-12H,7-8H2,1-6H3;9-12,14H,5-8H2,1-4H3;10-11H,6-9H2,1-5H3;8-11H,5-7H2,1-4H3;8-11H,5-7,12H2,1-4H3;10-11H,5-9H2,1-4H3;9-10H,5-8H2,1-4H3. The average Bonchev–Trinajstić information content (AvgIpc) is 1.63. The van der Waals surface area contributed by atoms with Crippen LogP contribution in [0.1, 0.15) is 397 Å².